The molecule has 19 heavy (non-hydrogen) atoms. The average Bonchev–Trinajstić information content (AvgIpc) is 2.42. The van der Waals surface area contributed by atoms with Gasteiger partial charge >= 0.3 is 0 Å². The molecule has 2 heterocycles. The van der Waals surface area contributed by atoms with Crippen molar-refractivity contribution in [3.8, 4) is 0 Å². The summed E-state index contributed by atoms with van der Waals surface area (Å²) in [6.07, 6.45) is 1.78. The van der Waals surface area contributed by atoms with Crippen LogP contribution in [0.15, 0.2) is 17.1 Å². The highest BCUT2D eigenvalue weighted by atomic mass is 16.5. The average molecular weight is 266 g/mol. The highest BCUT2D eigenvalue weighted by molar-refractivity contribution is 5.43. The SMILES string of the molecule is CNCC(C)Cn1ncc(N2CCOCC2)cc1=O. The minimum absolute atomic E-state index is 0.0352. The van der Waals surface area contributed by atoms with E-state index in [0.717, 1.165) is 25.3 Å². The lowest BCUT2D eigenvalue weighted by atomic mass is 10.2. The highest BCUT2D eigenvalue weighted by Gasteiger charge is 2.13. The van der Waals surface area contributed by atoms with Gasteiger partial charge in [0.1, 0.15) is 0 Å². The van der Waals surface area contributed by atoms with Crippen molar-refractivity contribution in [1.82, 2.24) is 15.1 Å². The Kier molecular flexibility index (Phi) is 4.93. The number of aromatic nitrogens is 2. The quantitative estimate of drug-likeness (QED) is 0.809. The lowest BCUT2D eigenvalue weighted by Gasteiger charge is -2.28. The molecule has 1 aliphatic heterocycles. The Labute approximate surface area is 113 Å². The zero-order valence-electron chi connectivity index (χ0n) is 11.6. The zero-order chi connectivity index (χ0) is 13.7. The van der Waals surface area contributed by atoms with Crippen molar-refractivity contribution < 1.29 is 4.74 Å². The number of anilines is 1. The maximum absolute atomic E-state index is 12.0. The summed E-state index contributed by atoms with van der Waals surface area (Å²) in [6.45, 7) is 6.68. The molecule has 0 spiro atoms. The van der Waals surface area contributed by atoms with E-state index in [2.05, 4.69) is 22.2 Å². The Morgan fingerprint density at radius 1 is 1.47 bits per heavy atom. The fourth-order valence-corrected chi connectivity index (χ4v) is 2.26. The smallest absolute Gasteiger partial charge is 0.268 e. The summed E-state index contributed by atoms with van der Waals surface area (Å²) < 4.78 is 6.84. The van der Waals surface area contributed by atoms with E-state index in [0.29, 0.717) is 25.7 Å². The molecule has 1 aliphatic rings. The van der Waals surface area contributed by atoms with E-state index in [1.807, 2.05) is 7.05 Å². The van der Waals surface area contributed by atoms with E-state index in [1.165, 1.54) is 4.68 Å². The fraction of sp³-hybridized carbons (Fsp3) is 0.692. The van der Waals surface area contributed by atoms with E-state index in [-0.39, 0.29) is 5.56 Å². The second kappa shape index (κ2) is 6.68. The van der Waals surface area contributed by atoms with E-state index < -0.39 is 0 Å². The van der Waals surface area contributed by atoms with E-state index in [4.69, 9.17) is 4.74 Å². The van der Waals surface area contributed by atoms with Gasteiger partial charge in [-0.25, -0.2) is 4.68 Å². The van der Waals surface area contributed by atoms with E-state index in [9.17, 15) is 4.79 Å². The summed E-state index contributed by atoms with van der Waals surface area (Å²) in [6, 6.07) is 1.67. The van der Waals surface area contributed by atoms with Gasteiger partial charge in [0.2, 0.25) is 0 Å². The standard InChI is InChI=1S/C13H22N4O2/c1-11(8-14-2)10-17-13(18)7-12(9-15-17)16-3-5-19-6-4-16/h7,9,11,14H,3-6,8,10H2,1-2H3. The van der Waals surface area contributed by atoms with Crippen LogP contribution in [0, 0.1) is 5.92 Å². The van der Waals surface area contributed by atoms with Crippen molar-refractivity contribution in [3.63, 3.8) is 0 Å². The Balaban J connectivity index is 2.06. The second-order valence-electron chi connectivity index (χ2n) is 5.00. The first-order valence-electron chi connectivity index (χ1n) is 6.75. The third kappa shape index (κ3) is 3.78. The Bertz CT molecular complexity index is 454. The summed E-state index contributed by atoms with van der Waals surface area (Å²) in [7, 11) is 1.91. The molecule has 0 amide bonds. The number of rotatable bonds is 5. The Hall–Kier alpha value is -1.40. The van der Waals surface area contributed by atoms with Crippen LogP contribution in [0.5, 0.6) is 0 Å². The fourth-order valence-electron chi connectivity index (χ4n) is 2.26. The zero-order valence-corrected chi connectivity index (χ0v) is 11.6. The van der Waals surface area contributed by atoms with Crippen LogP contribution in [-0.2, 0) is 11.3 Å². The van der Waals surface area contributed by atoms with Crippen molar-refractivity contribution >= 4 is 5.69 Å². The molecule has 1 N–H and O–H groups in total. The van der Waals surface area contributed by atoms with Crippen molar-refractivity contribution in [1.29, 1.82) is 0 Å². The molecule has 6 nitrogen and oxygen atoms in total. The first-order valence-corrected chi connectivity index (χ1v) is 6.75. The Morgan fingerprint density at radius 3 is 2.84 bits per heavy atom. The van der Waals surface area contributed by atoms with Gasteiger partial charge in [0, 0.05) is 25.7 Å². The molecule has 1 atom stereocenters. The molecule has 106 valence electrons. The van der Waals surface area contributed by atoms with Gasteiger partial charge in [0.15, 0.2) is 0 Å². The van der Waals surface area contributed by atoms with Crippen LogP contribution in [0.3, 0.4) is 0 Å². The van der Waals surface area contributed by atoms with Crippen LogP contribution < -0.4 is 15.8 Å². The monoisotopic (exact) mass is 266 g/mol. The van der Waals surface area contributed by atoms with Gasteiger partial charge in [-0.05, 0) is 19.5 Å². The number of ether oxygens (including phenoxy) is 1. The molecule has 0 radical (unpaired) electrons. The van der Waals surface area contributed by atoms with Crippen LogP contribution in [0.1, 0.15) is 6.92 Å². The first-order chi connectivity index (χ1) is 9.20. The largest absolute Gasteiger partial charge is 0.378 e. The van der Waals surface area contributed by atoms with Gasteiger partial charge in [-0.1, -0.05) is 6.92 Å². The van der Waals surface area contributed by atoms with Gasteiger partial charge in [0.05, 0.1) is 25.1 Å². The lowest BCUT2D eigenvalue weighted by Crippen LogP contribution is -2.37. The molecule has 0 aliphatic carbocycles. The van der Waals surface area contributed by atoms with Gasteiger partial charge < -0.3 is 15.0 Å². The number of morpholine rings is 1. The molecule has 0 bridgehead atoms. The highest BCUT2D eigenvalue weighted by Crippen LogP contribution is 2.11. The molecular weight excluding hydrogens is 244 g/mol. The summed E-state index contributed by atoms with van der Waals surface area (Å²) in [5.41, 5.74) is 0.859. The molecule has 1 unspecified atom stereocenters. The van der Waals surface area contributed by atoms with Gasteiger partial charge in [-0.15, -0.1) is 0 Å². The summed E-state index contributed by atoms with van der Waals surface area (Å²) in [5.74, 6) is 0.379. The summed E-state index contributed by atoms with van der Waals surface area (Å²) >= 11 is 0. The normalized spacial score (nSPS) is 17.5. The number of hydrogen-bond donors (Lipinski definition) is 1. The van der Waals surface area contributed by atoms with Crippen LogP contribution in [0.4, 0.5) is 5.69 Å². The molecule has 1 fully saturated rings. The molecule has 1 aromatic rings. The van der Waals surface area contributed by atoms with E-state index >= 15 is 0 Å². The third-order valence-corrected chi connectivity index (χ3v) is 3.27. The summed E-state index contributed by atoms with van der Waals surface area (Å²) in [5, 5.41) is 7.37. The van der Waals surface area contributed by atoms with Gasteiger partial charge in [0.25, 0.3) is 5.56 Å². The summed E-state index contributed by atoms with van der Waals surface area (Å²) in [4.78, 5) is 14.2. The van der Waals surface area contributed by atoms with Crippen LogP contribution >= 0.6 is 0 Å². The number of nitrogens with one attached hydrogen (secondary N) is 1. The maximum atomic E-state index is 12.0. The third-order valence-electron chi connectivity index (χ3n) is 3.27. The minimum Gasteiger partial charge on any atom is -0.378 e. The number of hydrogen-bond acceptors (Lipinski definition) is 5. The van der Waals surface area contributed by atoms with Gasteiger partial charge in [-0.3, -0.25) is 4.79 Å². The molecule has 0 saturated carbocycles. The minimum atomic E-state index is -0.0352. The van der Waals surface area contributed by atoms with Crippen LogP contribution in [0.25, 0.3) is 0 Å². The molecule has 1 saturated heterocycles. The molecule has 6 heteroatoms. The van der Waals surface area contributed by atoms with Crippen molar-refractivity contribution in [2.75, 3.05) is 44.8 Å². The number of nitrogens with zero attached hydrogens (tertiary/aromatic N) is 3. The van der Waals surface area contributed by atoms with Crippen molar-refractivity contribution in [3.05, 3.63) is 22.6 Å². The van der Waals surface area contributed by atoms with Crippen molar-refractivity contribution in [2.24, 2.45) is 5.92 Å². The maximum Gasteiger partial charge on any atom is 0.268 e. The molecule has 2 rings (SSSR count). The lowest BCUT2D eigenvalue weighted by molar-refractivity contribution is 0.122. The predicted octanol–water partition coefficient (Wildman–Crippen LogP) is -0.0646. The first kappa shape index (κ1) is 14.0. The molecule has 0 aromatic carbocycles. The van der Waals surface area contributed by atoms with Crippen LogP contribution in [-0.4, -0.2) is 49.7 Å². The van der Waals surface area contributed by atoms with Crippen LogP contribution in [0.2, 0.25) is 0 Å². The molecule has 1 aromatic heterocycles. The Morgan fingerprint density at radius 2 is 2.21 bits per heavy atom. The van der Waals surface area contributed by atoms with Crippen molar-refractivity contribution in [2.45, 2.75) is 13.5 Å². The predicted molar refractivity (Wildman–Crippen MR) is 74.6 cm³/mol. The molecular formula is C13H22N4O2. The second-order valence-corrected chi connectivity index (χ2v) is 5.00. The topological polar surface area (TPSA) is 59.4 Å². The van der Waals surface area contributed by atoms with E-state index in [1.54, 1.807) is 12.3 Å². The van der Waals surface area contributed by atoms with Gasteiger partial charge in [-0.2, -0.15) is 5.10 Å².